The smallest absolute Gasteiger partial charge is 0.462 e. The maximum atomic E-state index is 13.1. The van der Waals surface area contributed by atoms with Crippen LogP contribution in [0.1, 0.15) is 465 Å². The van der Waals surface area contributed by atoms with Crippen LogP contribution in [-0.4, -0.2) is 96.7 Å². The molecule has 0 saturated heterocycles. The monoisotopic (exact) mass is 1550 g/mol. The van der Waals surface area contributed by atoms with Gasteiger partial charge in [-0.2, -0.15) is 0 Å². The third-order valence-corrected chi connectivity index (χ3v) is 23.1. The molecule has 19 heteroatoms. The molecule has 0 saturated carbocycles. The Bertz CT molecular complexity index is 2030. The van der Waals surface area contributed by atoms with Gasteiger partial charge in [0.2, 0.25) is 0 Å². The first-order valence-electron chi connectivity index (χ1n) is 45.1. The summed E-state index contributed by atoms with van der Waals surface area (Å²) in [5, 5.41) is 10.7. The molecule has 0 aliphatic rings. The van der Waals surface area contributed by atoms with Crippen molar-refractivity contribution in [3.63, 3.8) is 0 Å². The molecule has 3 N–H and O–H groups in total. The number of hydrogen-bond donors (Lipinski definition) is 3. The molecule has 0 aromatic heterocycles. The number of carbonyl (C=O) groups is 4. The molecule has 7 atom stereocenters. The lowest BCUT2D eigenvalue weighted by atomic mass is 9.99. The van der Waals surface area contributed by atoms with Crippen molar-refractivity contribution in [2.75, 3.05) is 39.6 Å². The standard InChI is InChI=1S/C87H170O17P2/c1-7-11-13-15-17-19-20-21-22-23-27-30-37-42-47-53-59-65-71-86(91)103-82(75-97-84(89)69-63-57-51-18-16-14-12-8-2)77-101-105(93,94)99-73-81(88)74-100-106(95,96)102-78-83(76-98-85(90)70-64-58-52-46-41-36-33-32-35-40-45-50-56-62-68-80(6)10-4)104-87(92)72-66-60-54-48-43-38-31-28-25-24-26-29-34-39-44-49-55-61-67-79(5)9-3/h79-83,88H,7-78H2,1-6H3,(H,93,94)(H,95,96)/t79?,80?,81-,82+,83+/m0/s1. The van der Waals surface area contributed by atoms with Crippen LogP contribution < -0.4 is 0 Å². The molecule has 0 aromatic carbocycles. The van der Waals surface area contributed by atoms with Crippen LogP contribution in [0.25, 0.3) is 0 Å². The number of phosphoric ester groups is 2. The summed E-state index contributed by atoms with van der Waals surface area (Å²) in [6.07, 6.45) is 70.8. The Balaban J connectivity index is 5.18. The summed E-state index contributed by atoms with van der Waals surface area (Å²) in [6.45, 7) is 9.77. The third-order valence-electron chi connectivity index (χ3n) is 21.2. The Labute approximate surface area is 651 Å². The largest absolute Gasteiger partial charge is 0.472 e. The predicted molar refractivity (Wildman–Crippen MR) is 437 cm³/mol. The topological polar surface area (TPSA) is 237 Å². The number of aliphatic hydroxyl groups excluding tert-OH is 1. The van der Waals surface area contributed by atoms with Crippen LogP contribution in [0.5, 0.6) is 0 Å². The molecule has 630 valence electrons. The van der Waals surface area contributed by atoms with Gasteiger partial charge in [-0.3, -0.25) is 37.3 Å². The van der Waals surface area contributed by atoms with Crippen LogP contribution in [0, 0.1) is 11.8 Å². The van der Waals surface area contributed by atoms with Crippen LogP contribution in [0.15, 0.2) is 0 Å². The first-order valence-corrected chi connectivity index (χ1v) is 48.1. The lowest BCUT2D eigenvalue weighted by molar-refractivity contribution is -0.161. The molecule has 0 aliphatic heterocycles. The normalized spacial score (nSPS) is 14.3. The molecule has 0 heterocycles. The van der Waals surface area contributed by atoms with Crippen molar-refractivity contribution in [3.05, 3.63) is 0 Å². The van der Waals surface area contributed by atoms with Gasteiger partial charge >= 0.3 is 39.5 Å². The van der Waals surface area contributed by atoms with Crippen molar-refractivity contribution < 1.29 is 80.2 Å². The zero-order chi connectivity index (χ0) is 77.8. The van der Waals surface area contributed by atoms with E-state index in [0.717, 1.165) is 108 Å². The van der Waals surface area contributed by atoms with Gasteiger partial charge in [0.05, 0.1) is 26.4 Å². The summed E-state index contributed by atoms with van der Waals surface area (Å²) in [7, 11) is -9.92. The number of esters is 4. The van der Waals surface area contributed by atoms with Crippen LogP contribution >= 0.6 is 15.6 Å². The summed E-state index contributed by atoms with van der Waals surface area (Å²) in [5.41, 5.74) is 0. The minimum atomic E-state index is -4.97. The van der Waals surface area contributed by atoms with E-state index in [4.69, 9.17) is 37.0 Å². The third kappa shape index (κ3) is 77.4. The van der Waals surface area contributed by atoms with Crippen molar-refractivity contribution >= 4 is 39.5 Å². The van der Waals surface area contributed by atoms with Crippen molar-refractivity contribution in [3.8, 4) is 0 Å². The SMILES string of the molecule is CCCCCCCCCCCCCCCCCCCCC(=O)O[C@H](COC(=O)CCCCCCCCCC)COP(=O)(O)OC[C@H](O)COP(=O)(O)OC[C@@H](COC(=O)CCCCCCCCCCCCCCCCC(C)CC)OC(=O)CCCCCCCCCCCCCCCCCCCCC(C)CC. The van der Waals surface area contributed by atoms with Gasteiger partial charge < -0.3 is 33.8 Å². The molecule has 0 bridgehead atoms. The molecular formula is C87H170O17P2. The molecular weight excluding hydrogens is 1380 g/mol. The summed E-state index contributed by atoms with van der Waals surface area (Å²) >= 11 is 0. The van der Waals surface area contributed by atoms with Gasteiger partial charge in [-0.05, 0) is 37.5 Å². The van der Waals surface area contributed by atoms with E-state index in [1.165, 1.54) is 276 Å². The fourth-order valence-electron chi connectivity index (χ4n) is 13.5. The number of aliphatic hydroxyl groups is 1. The van der Waals surface area contributed by atoms with Crippen LogP contribution in [-0.2, 0) is 65.4 Å². The lowest BCUT2D eigenvalue weighted by Gasteiger charge is -2.21. The number of carbonyl (C=O) groups excluding carboxylic acids is 4. The number of ether oxygens (including phenoxy) is 4. The van der Waals surface area contributed by atoms with Crippen molar-refractivity contribution in [1.29, 1.82) is 0 Å². The highest BCUT2D eigenvalue weighted by molar-refractivity contribution is 7.47. The quantitative estimate of drug-likeness (QED) is 0.0222. The van der Waals surface area contributed by atoms with Crippen LogP contribution in [0.4, 0.5) is 0 Å². The van der Waals surface area contributed by atoms with E-state index < -0.39 is 97.5 Å². The van der Waals surface area contributed by atoms with E-state index in [1.807, 2.05) is 0 Å². The van der Waals surface area contributed by atoms with Gasteiger partial charge in [0.25, 0.3) is 0 Å². The first kappa shape index (κ1) is 104. The predicted octanol–water partition coefficient (Wildman–Crippen LogP) is 26.6. The van der Waals surface area contributed by atoms with Gasteiger partial charge in [0, 0.05) is 25.7 Å². The molecule has 0 rings (SSSR count). The highest BCUT2D eigenvalue weighted by atomic mass is 31.2. The van der Waals surface area contributed by atoms with Gasteiger partial charge in [0.15, 0.2) is 12.2 Å². The molecule has 0 amide bonds. The maximum absolute atomic E-state index is 13.1. The highest BCUT2D eigenvalue weighted by Crippen LogP contribution is 2.45. The summed E-state index contributed by atoms with van der Waals surface area (Å²) in [4.78, 5) is 73.2. The Hall–Kier alpha value is -1.94. The lowest BCUT2D eigenvalue weighted by Crippen LogP contribution is -2.30. The number of unbranched alkanes of at least 4 members (excludes halogenated alkanes) is 54. The van der Waals surface area contributed by atoms with Gasteiger partial charge in [-0.1, -0.05) is 414 Å². The molecule has 4 unspecified atom stereocenters. The van der Waals surface area contributed by atoms with Crippen molar-refractivity contribution in [2.45, 2.75) is 484 Å². The molecule has 0 aromatic rings. The molecule has 0 fully saturated rings. The highest BCUT2D eigenvalue weighted by Gasteiger charge is 2.30. The fraction of sp³-hybridized carbons (Fsp3) is 0.954. The zero-order valence-electron chi connectivity index (χ0n) is 69.7. The van der Waals surface area contributed by atoms with Crippen LogP contribution in [0.2, 0.25) is 0 Å². The van der Waals surface area contributed by atoms with E-state index >= 15 is 0 Å². The summed E-state index contributed by atoms with van der Waals surface area (Å²) < 4.78 is 68.8. The molecule has 0 spiro atoms. The summed E-state index contributed by atoms with van der Waals surface area (Å²) in [6, 6.07) is 0. The van der Waals surface area contributed by atoms with Crippen LogP contribution in [0.3, 0.4) is 0 Å². The second-order valence-corrected chi connectivity index (χ2v) is 34.7. The second-order valence-electron chi connectivity index (χ2n) is 31.8. The van der Waals surface area contributed by atoms with Crippen molar-refractivity contribution in [2.24, 2.45) is 11.8 Å². The fourth-order valence-corrected chi connectivity index (χ4v) is 15.1. The van der Waals surface area contributed by atoms with E-state index in [0.29, 0.717) is 25.7 Å². The molecule has 0 radical (unpaired) electrons. The van der Waals surface area contributed by atoms with Gasteiger partial charge in [-0.25, -0.2) is 9.13 Å². The van der Waals surface area contributed by atoms with Gasteiger partial charge in [0.1, 0.15) is 19.3 Å². The van der Waals surface area contributed by atoms with E-state index in [-0.39, 0.29) is 25.7 Å². The molecule has 0 aliphatic carbocycles. The average Bonchev–Trinajstić information content (AvgIpc) is 0.908. The maximum Gasteiger partial charge on any atom is 0.472 e. The Kier molecular flexibility index (Phi) is 76.9. The first-order chi connectivity index (χ1) is 51.4. The average molecular weight is 1550 g/mol. The minimum absolute atomic E-state index is 0.109. The van der Waals surface area contributed by atoms with E-state index in [9.17, 15) is 43.2 Å². The van der Waals surface area contributed by atoms with E-state index in [1.54, 1.807) is 0 Å². The second kappa shape index (κ2) is 78.3. The molecule has 106 heavy (non-hydrogen) atoms. The Morgan fingerprint density at radius 3 is 0.670 bits per heavy atom. The number of hydrogen-bond acceptors (Lipinski definition) is 15. The minimum Gasteiger partial charge on any atom is -0.462 e. The summed E-state index contributed by atoms with van der Waals surface area (Å²) in [5.74, 6) is -0.382. The zero-order valence-corrected chi connectivity index (χ0v) is 71.5. The van der Waals surface area contributed by atoms with E-state index in [2.05, 4.69) is 41.5 Å². The Morgan fingerprint density at radius 2 is 0.453 bits per heavy atom. The Morgan fingerprint density at radius 1 is 0.264 bits per heavy atom. The molecule has 17 nitrogen and oxygen atoms in total. The van der Waals surface area contributed by atoms with Crippen molar-refractivity contribution in [1.82, 2.24) is 0 Å². The number of rotatable bonds is 86. The van der Waals surface area contributed by atoms with Gasteiger partial charge in [-0.15, -0.1) is 0 Å². The number of phosphoric acid groups is 2.